The standard InChI is InChI=1S/C28H32N3O3/c1-5-29(6-2)21-11-9-19-10-12-25(33-26(19)17-21)22-15-20-16-23-24(18-27(20)34-28(22)32)31(8-4)14-13-30(23)7-3/h9-12,15-18H,5-8,13-14H2,1-4H3/q+1. The zero-order valence-corrected chi connectivity index (χ0v) is 20.4. The summed E-state index contributed by atoms with van der Waals surface area (Å²) in [5.41, 5.74) is 3.96. The van der Waals surface area contributed by atoms with Crippen LogP contribution in [-0.4, -0.2) is 39.3 Å². The molecule has 3 aliphatic rings. The van der Waals surface area contributed by atoms with Gasteiger partial charge in [-0.05, 0) is 58.0 Å². The molecule has 0 unspecified atom stereocenters. The molecule has 2 aliphatic heterocycles. The smallest absolute Gasteiger partial charge is 0.347 e. The molecule has 0 fully saturated rings. The Morgan fingerprint density at radius 1 is 0.794 bits per heavy atom. The van der Waals surface area contributed by atoms with Gasteiger partial charge in [-0.25, -0.2) is 9.37 Å². The van der Waals surface area contributed by atoms with E-state index in [1.54, 1.807) is 0 Å². The summed E-state index contributed by atoms with van der Waals surface area (Å²) in [5.74, 6) is 1.27. The fourth-order valence-electron chi connectivity index (χ4n) is 4.96. The highest BCUT2D eigenvalue weighted by Crippen LogP contribution is 2.37. The second-order valence-corrected chi connectivity index (χ2v) is 8.68. The van der Waals surface area contributed by atoms with Gasteiger partial charge in [0.15, 0.2) is 0 Å². The van der Waals surface area contributed by atoms with Crippen molar-refractivity contribution in [3.63, 3.8) is 0 Å². The van der Waals surface area contributed by atoms with Gasteiger partial charge in [-0.3, -0.25) is 0 Å². The monoisotopic (exact) mass is 458 g/mol. The lowest BCUT2D eigenvalue weighted by atomic mass is 10.1. The van der Waals surface area contributed by atoms with Crippen molar-refractivity contribution in [2.45, 2.75) is 27.7 Å². The molecule has 0 saturated carbocycles. The van der Waals surface area contributed by atoms with Crippen molar-refractivity contribution in [3.05, 3.63) is 64.3 Å². The second-order valence-electron chi connectivity index (χ2n) is 8.68. The number of nitrogens with zero attached hydrogens (tertiary/aromatic N) is 3. The van der Waals surface area contributed by atoms with E-state index < -0.39 is 0 Å². The highest BCUT2D eigenvalue weighted by molar-refractivity contribution is 5.91. The van der Waals surface area contributed by atoms with Gasteiger partial charge in [0.1, 0.15) is 35.8 Å². The Hall–Kier alpha value is -3.54. The minimum absolute atomic E-state index is 0.387. The first-order valence-corrected chi connectivity index (χ1v) is 12.3. The van der Waals surface area contributed by atoms with Crippen molar-refractivity contribution in [1.29, 1.82) is 0 Å². The number of anilines is 2. The Bertz CT molecular complexity index is 1440. The molecule has 2 aromatic rings. The van der Waals surface area contributed by atoms with Crippen LogP contribution in [0.15, 0.2) is 62.2 Å². The van der Waals surface area contributed by atoms with E-state index in [2.05, 4.69) is 60.3 Å². The lowest BCUT2D eigenvalue weighted by Crippen LogP contribution is -2.40. The minimum atomic E-state index is -0.387. The Balaban J connectivity index is 1.67. The number of likely N-dealkylation sites (N-methyl/N-ethyl adjacent to an activating group) is 2. The third-order valence-electron chi connectivity index (χ3n) is 6.94. The van der Waals surface area contributed by atoms with Crippen molar-refractivity contribution < 1.29 is 8.83 Å². The summed E-state index contributed by atoms with van der Waals surface area (Å²) in [7, 11) is 0. The zero-order chi connectivity index (χ0) is 23.8. The lowest BCUT2D eigenvalue weighted by Gasteiger charge is -2.38. The molecular formula is C28H32N3O3+. The predicted octanol–water partition coefficient (Wildman–Crippen LogP) is 4.64. The van der Waals surface area contributed by atoms with Crippen LogP contribution in [0.2, 0.25) is 0 Å². The molecule has 6 heteroatoms. The molecule has 0 atom stereocenters. The molecule has 1 aromatic heterocycles. The summed E-state index contributed by atoms with van der Waals surface area (Å²) in [4.78, 5) is 17.7. The van der Waals surface area contributed by atoms with Crippen LogP contribution in [0.4, 0.5) is 11.4 Å². The first-order valence-electron chi connectivity index (χ1n) is 12.3. The van der Waals surface area contributed by atoms with Crippen LogP contribution in [0.5, 0.6) is 0 Å². The third kappa shape index (κ3) is 3.77. The van der Waals surface area contributed by atoms with Crippen molar-refractivity contribution in [2.24, 2.45) is 0 Å². The summed E-state index contributed by atoms with van der Waals surface area (Å²) >= 11 is 0. The molecule has 1 aromatic carbocycles. The van der Waals surface area contributed by atoms with Crippen molar-refractivity contribution in [3.8, 4) is 22.6 Å². The topological polar surface area (TPSA) is 52.8 Å². The van der Waals surface area contributed by atoms with Gasteiger partial charge in [0.25, 0.3) is 0 Å². The molecule has 176 valence electrons. The van der Waals surface area contributed by atoms with Gasteiger partial charge in [0.05, 0.1) is 17.4 Å². The van der Waals surface area contributed by atoms with Crippen molar-refractivity contribution in [1.82, 2.24) is 4.58 Å². The third-order valence-corrected chi connectivity index (χ3v) is 6.94. The van der Waals surface area contributed by atoms with Gasteiger partial charge in [0, 0.05) is 49.3 Å². The number of benzene rings is 2. The Labute approximate surface area is 199 Å². The summed E-state index contributed by atoms with van der Waals surface area (Å²) in [6, 6.07) is 16.1. The van der Waals surface area contributed by atoms with E-state index in [0.29, 0.717) is 16.9 Å². The van der Waals surface area contributed by atoms with Crippen LogP contribution < -0.4 is 25.4 Å². The quantitative estimate of drug-likeness (QED) is 0.322. The van der Waals surface area contributed by atoms with Crippen LogP contribution in [0, 0.1) is 0 Å². The molecule has 0 amide bonds. The largest absolute Gasteiger partial charge is 0.456 e. The first-order chi connectivity index (χ1) is 16.6. The van der Waals surface area contributed by atoms with Gasteiger partial charge in [-0.15, -0.1) is 0 Å². The van der Waals surface area contributed by atoms with Crippen LogP contribution in [0.25, 0.3) is 33.6 Å². The van der Waals surface area contributed by atoms with Crippen molar-refractivity contribution in [2.75, 3.05) is 49.1 Å². The average Bonchev–Trinajstić information content (AvgIpc) is 2.87. The Morgan fingerprint density at radius 2 is 1.47 bits per heavy atom. The van der Waals surface area contributed by atoms with E-state index >= 15 is 0 Å². The SMILES string of the molecule is CCN1CCN(CC)c2cc3oc(=O)c(-c4ccc5ccc(=[N+](CC)CC)cc-5o4)cc3cc21. The fraction of sp³-hybridized carbons (Fsp3) is 0.357. The highest BCUT2D eigenvalue weighted by Gasteiger charge is 2.23. The van der Waals surface area contributed by atoms with E-state index in [9.17, 15) is 4.79 Å². The first kappa shape index (κ1) is 22.3. The van der Waals surface area contributed by atoms with E-state index in [1.165, 1.54) is 5.69 Å². The van der Waals surface area contributed by atoms with Gasteiger partial charge >= 0.3 is 5.63 Å². The number of hydrogen-bond acceptors (Lipinski definition) is 5. The summed E-state index contributed by atoms with van der Waals surface area (Å²) < 4.78 is 14.3. The van der Waals surface area contributed by atoms with Gasteiger partial charge in [-0.1, -0.05) is 0 Å². The maximum Gasteiger partial charge on any atom is 0.347 e. The van der Waals surface area contributed by atoms with E-state index in [-0.39, 0.29) is 5.63 Å². The molecule has 5 rings (SSSR count). The summed E-state index contributed by atoms with van der Waals surface area (Å²) in [5, 5.41) is 2.01. The van der Waals surface area contributed by atoms with Crippen LogP contribution >= 0.6 is 0 Å². The van der Waals surface area contributed by atoms with Gasteiger partial charge < -0.3 is 18.6 Å². The molecular weight excluding hydrogens is 426 g/mol. The van der Waals surface area contributed by atoms with E-state index in [1.807, 2.05) is 30.3 Å². The summed E-state index contributed by atoms with van der Waals surface area (Å²) in [6.45, 7) is 14.3. The number of hydrogen-bond donors (Lipinski definition) is 0. The second kappa shape index (κ2) is 9.01. The van der Waals surface area contributed by atoms with E-state index in [0.717, 1.165) is 67.0 Å². The fourth-order valence-corrected chi connectivity index (χ4v) is 4.96. The molecule has 34 heavy (non-hydrogen) atoms. The molecule has 0 radical (unpaired) electrons. The Kier molecular flexibility index (Phi) is 5.90. The van der Waals surface area contributed by atoms with Crippen molar-refractivity contribution >= 4 is 22.3 Å². The predicted molar refractivity (Wildman–Crippen MR) is 139 cm³/mol. The average molecular weight is 459 g/mol. The summed E-state index contributed by atoms with van der Waals surface area (Å²) in [6.07, 6.45) is 0. The van der Waals surface area contributed by atoms with Crippen LogP contribution in [0.1, 0.15) is 27.7 Å². The molecule has 0 spiro atoms. The highest BCUT2D eigenvalue weighted by atomic mass is 16.4. The molecule has 0 saturated heterocycles. The lowest BCUT2D eigenvalue weighted by molar-refractivity contribution is 0.545. The molecule has 1 aliphatic carbocycles. The minimum Gasteiger partial charge on any atom is -0.456 e. The van der Waals surface area contributed by atoms with E-state index in [4.69, 9.17) is 8.83 Å². The normalized spacial score (nSPS) is 13.5. The zero-order valence-electron chi connectivity index (χ0n) is 20.4. The molecule has 6 nitrogen and oxygen atoms in total. The maximum absolute atomic E-state index is 13.0. The number of rotatable bonds is 5. The van der Waals surface area contributed by atoms with Crippen LogP contribution in [0.3, 0.4) is 0 Å². The van der Waals surface area contributed by atoms with Gasteiger partial charge in [-0.2, -0.15) is 0 Å². The Morgan fingerprint density at radius 3 is 2.15 bits per heavy atom. The number of fused-ring (bicyclic) bond motifs is 3. The molecule has 0 N–H and O–H groups in total. The maximum atomic E-state index is 13.0. The van der Waals surface area contributed by atoms with Crippen LogP contribution in [-0.2, 0) is 0 Å². The molecule has 0 bridgehead atoms. The van der Waals surface area contributed by atoms with Gasteiger partial charge in [0.2, 0.25) is 5.36 Å². The molecule has 3 heterocycles.